The molecule has 2 nitrogen and oxygen atoms in total. The number of nitrogens with one attached hydrogen (secondary N) is 1. The van der Waals surface area contributed by atoms with Crippen LogP contribution in [0, 0.1) is 12.7 Å². The van der Waals surface area contributed by atoms with Crippen LogP contribution in [0.15, 0.2) is 42.5 Å². The van der Waals surface area contributed by atoms with Gasteiger partial charge in [0.2, 0.25) is 0 Å². The summed E-state index contributed by atoms with van der Waals surface area (Å²) in [7, 11) is 0. The lowest BCUT2D eigenvalue weighted by Crippen LogP contribution is -2.14. The first-order valence-electron chi connectivity index (χ1n) is 6.45. The first-order chi connectivity index (χ1) is 9.22. The highest BCUT2D eigenvalue weighted by atomic mass is 19.1. The Bertz CT molecular complexity index is 577. The number of anilines is 1. The number of hydrogen-bond acceptors (Lipinski definition) is 2. The van der Waals surface area contributed by atoms with Crippen LogP contribution in [0.3, 0.4) is 0 Å². The number of aryl methyl sites for hydroxylation is 1. The van der Waals surface area contributed by atoms with E-state index in [4.69, 9.17) is 4.74 Å². The van der Waals surface area contributed by atoms with Crippen molar-refractivity contribution < 1.29 is 9.13 Å². The molecule has 0 aromatic heterocycles. The van der Waals surface area contributed by atoms with Crippen LogP contribution < -0.4 is 10.1 Å². The van der Waals surface area contributed by atoms with Crippen LogP contribution >= 0.6 is 0 Å². The Morgan fingerprint density at radius 1 is 1.26 bits per heavy atom. The van der Waals surface area contributed by atoms with Crippen molar-refractivity contribution in [1.82, 2.24) is 0 Å². The summed E-state index contributed by atoms with van der Waals surface area (Å²) in [6.45, 7) is 3.32. The van der Waals surface area contributed by atoms with E-state index in [0.29, 0.717) is 12.5 Å². The molecule has 0 radical (unpaired) electrons. The molecule has 0 spiro atoms. The van der Waals surface area contributed by atoms with Gasteiger partial charge in [-0.05, 0) is 36.8 Å². The third-order valence-corrected chi connectivity index (χ3v) is 3.39. The first-order valence-corrected chi connectivity index (χ1v) is 6.45. The second kappa shape index (κ2) is 4.92. The maximum Gasteiger partial charge on any atom is 0.125 e. The van der Waals surface area contributed by atoms with Crippen LogP contribution in [0.4, 0.5) is 10.1 Å². The number of halogens is 1. The fourth-order valence-corrected chi connectivity index (χ4v) is 2.48. The molecule has 3 heteroatoms. The summed E-state index contributed by atoms with van der Waals surface area (Å²) in [6.07, 6.45) is 0. The summed E-state index contributed by atoms with van der Waals surface area (Å²) >= 11 is 0. The van der Waals surface area contributed by atoms with Gasteiger partial charge in [-0.2, -0.15) is 0 Å². The minimum Gasteiger partial charge on any atom is -0.493 e. The van der Waals surface area contributed by atoms with Crippen molar-refractivity contribution in [1.29, 1.82) is 0 Å². The van der Waals surface area contributed by atoms with E-state index in [2.05, 4.69) is 11.4 Å². The van der Waals surface area contributed by atoms with E-state index >= 15 is 0 Å². The van der Waals surface area contributed by atoms with Gasteiger partial charge in [0, 0.05) is 23.7 Å². The van der Waals surface area contributed by atoms with Crippen LogP contribution in [-0.4, -0.2) is 13.2 Å². The van der Waals surface area contributed by atoms with Crippen molar-refractivity contribution >= 4 is 5.69 Å². The third kappa shape index (κ3) is 2.55. The molecule has 3 rings (SSSR count). The summed E-state index contributed by atoms with van der Waals surface area (Å²) in [4.78, 5) is 0. The van der Waals surface area contributed by atoms with Crippen LogP contribution in [0.25, 0.3) is 0 Å². The minimum atomic E-state index is -0.203. The molecule has 1 atom stereocenters. The molecule has 98 valence electrons. The summed E-state index contributed by atoms with van der Waals surface area (Å²) in [5.74, 6) is 1.08. The predicted octanol–water partition coefficient (Wildman–Crippen LogP) is 3.72. The van der Waals surface area contributed by atoms with E-state index in [1.54, 1.807) is 0 Å². The van der Waals surface area contributed by atoms with Crippen LogP contribution in [-0.2, 0) is 0 Å². The second-order valence-electron chi connectivity index (χ2n) is 4.94. The van der Waals surface area contributed by atoms with Gasteiger partial charge in [0.25, 0.3) is 0 Å². The van der Waals surface area contributed by atoms with E-state index in [0.717, 1.165) is 23.5 Å². The molecular formula is C16H16FNO. The van der Waals surface area contributed by atoms with Gasteiger partial charge in [-0.3, -0.25) is 0 Å². The van der Waals surface area contributed by atoms with Crippen LogP contribution in [0.1, 0.15) is 17.0 Å². The highest BCUT2D eigenvalue weighted by molar-refractivity contribution is 5.47. The fourth-order valence-electron chi connectivity index (χ4n) is 2.48. The van der Waals surface area contributed by atoms with Crippen LogP contribution in [0.2, 0.25) is 0 Å². The van der Waals surface area contributed by atoms with Gasteiger partial charge in [0.05, 0.1) is 6.61 Å². The van der Waals surface area contributed by atoms with Crippen molar-refractivity contribution in [3.63, 3.8) is 0 Å². The van der Waals surface area contributed by atoms with E-state index in [9.17, 15) is 4.39 Å². The van der Waals surface area contributed by atoms with Crippen LogP contribution in [0.5, 0.6) is 5.75 Å². The van der Waals surface area contributed by atoms with Crippen molar-refractivity contribution in [3.8, 4) is 5.75 Å². The zero-order valence-electron chi connectivity index (χ0n) is 10.8. The molecule has 0 aliphatic carbocycles. The first kappa shape index (κ1) is 12.0. The number of hydrogen-bond donors (Lipinski definition) is 1. The Kier molecular flexibility index (Phi) is 3.11. The van der Waals surface area contributed by atoms with Crippen molar-refractivity contribution in [3.05, 3.63) is 59.4 Å². The topological polar surface area (TPSA) is 21.3 Å². The lowest BCUT2D eigenvalue weighted by atomic mass is 10.0. The zero-order valence-corrected chi connectivity index (χ0v) is 10.8. The lowest BCUT2D eigenvalue weighted by Gasteiger charge is -2.12. The normalized spacial score (nSPS) is 16.8. The smallest absolute Gasteiger partial charge is 0.125 e. The molecule has 1 N–H and O–H groups in total. The molecule has 1 unspecified atom stereocenters. The average molecular weight is 257 g/mol. The monoisotopic (exact) mass is 257 g/mol. The number of ether oxygens (including phenoxy) is 1. The lowest BCUT2D eigenvalue weighted by molar-refractivity contribution is 0.334. The summed E-state index contributed by atoms with van der Waals surface area (Å²) in [5.41, 5.74) is 2.97. The highest BCUT2D eigenvalue weighted by Gasteiger charge is 2.23. The molecule has 2 aromatic carbocycles. The zero-order chi connectivity index (χ0) is 13.2. The molecule has 1 aliphatic heterocycles. The minimum absolute atomic E-state index is 0.203. The Morgan fingerprint density at radius 2 is 2.11 bits per heavy atom. The van der Waals surface area contributed by atoms with Gasteiger partial charge in [0.1, 0.15) is 11.6 Å². The molecular weight excluding hydrogens is 241 g/mol. The number of benzene rings is 2. The van der Waals surface area contributed by atoms with Crippen molar-refractivity contribution in [2.45, 2.75) is 12.8 Å². The maximum absolute atomic E-state index is 13.3. The molecule has 0 saturated heterocycles. The van der Waals surface area contributed by atoms with E-state index in [1.807, 2.05) is 31.2 Å². The van der Waals surface area contributed by atoms with Gasteiger partial charge < -0.3 is 10.1 Å². The largest absolute Gasteiger partial charge is 0.493 e. The quantitative estimate of drug-likeness (QED) is 0.904. The molecule has 2 aromatic rings. The molecule has 1 aliphatic rings. The van der Waals surface area contributed by atoms with Gasteiger partial charge >= 0.3 is 0 Å². The molecule has 0 saturated carbocycles. The van der Waals surface area contributed by atoms with Gasteiger partial charge in [0.15, 0.2) is 0 Å². The summed E-state index contributed by atoms with van der Waals surface area (Å²) < 4.78 is 18.9. The Labute approximate surface area is 112 Å². The number of rotatable bonds is 3. The second-order valence-corrected chi connectivity index (χ2v) is 4.94. The SMILES string of the molecule is Cc1cc(F)cc(NCC2COc3ccccc32)c1. The summed E-state index contributed by atoms with van der Waals surface area (Å²) in [6, 6.07) is 13.1. The van der Waals surface area contributed by atoms with Gasteiger partial charge in [-0.25, -0.2) is 4.39 Å². The Morgan fingerprint density at radius 3 is 2.95 bits per heavy atom. The molecule has 19 heavy (non-hydrogen) atoms. The predicted molar refractivity (Wildman–Crippen MR) is 74.3 cm³/mol. The van der Waals surface area contributed by atoms with E-state index in [1.165, 1.54) is 17.7 Å². The average Bonchev–Trinajstić information content (AvgIpc) is 2.78. The Hall–Kier alpha value is -2.03. The van der Waals surface area contributed by atoms with Crippen molar-refractivity contribution in [2.75, 3.05) is 18.5 Å². The van der Waals surface area contributed by atoms with E-state index in [-0.39, 0.29) is 5.82 Å². The van der Waals surface area contributed by atoms with Gasteiger partial charge in [-0.1, -0.05) is 18.2 Å². The van der Waals surface area contributed by atoms with Crippen molar-refractivity contribution in [2.24, 2.45) is 0 Å². The maximum atomic E-state index is 13.3. The summed E-state index contributed by atoms with van der Waals surface area (Å²) in [5, 5.41) is 3.29. The van der Waals surface area contributed by atoms with E-state index < -0.39 is 0 Å². The number of fused-ring (bicyclic) bond motifs is 1. The fraction of sp³-hybridized carbons (Fsp3) is 0.250. The third-order valence-electron chi connectivity index (χ3n) is 3.39. The number of para-hydroxylation sites is 1. The standard InChI is InChI=1S/C16H16FNO/c1-11-6-13(17)8-14(7-11)18-9-12-10-19-16-5-3-2-4-15(12)16/h2-8,12,18H,9-10H2,1H3. The molecule has 0 fully saturated rings. The highest BCUT2D eigenvalue weighted by Crippen LogP contribution is 2.33. The molecule has 0 bridgehead atoms. The Balaban J connectivity index is 1.70. The molecule has 0 amide bonds. The van der Waals surface area contributed by atoms with Gasteiger partial charge in [-0.15, -0.1) is 0 Å². The molecule has 1 heterocycles.